The van der Waals surface area contributed by atoms with Crippen LogP contribution in [0.4, 0.5) is 0 Å². The molecule has 0 saturated heterocycles. The second-order valence-corrected chi connectivity index (χ2v) is 7.72. The molecule has 0 aliphatic carbocycles. The second-order valence-electron chi connectivity index (χ2n) is 7.72. The van der Waals surface area contributed by atoms with Gasteiger partial charge in [-0.15, -0.1) is 0 Å². The summed E-state index contributed by atoms with van der Waals surface area (Å²) in [5.41, 5.74) is 3.45. The van der Waals surface area contributed by atoms with Crippen LogP contribution in [0.15, 0.2) is 47.5 Å². The lowest BCUT2D eigenvalue weighted by Crippen LogP contribution is -2.41. The number of hydrogen-bond acceptors (Lipinski definition) is 5. The van der Waals surface area contributed by atoms with Crippen molar-refractivity contribution in [2.75, 3.05) is 54.6 Å². The fraction of sp³-hybridized carbons (Fsp3) is 0.480. The zero-order chi connectivity index (χ0) is 23.3. The van der Waals surface area contributed by atoms with E-state index in [1.807, 2.05) is 19.1 Å². The molecular formula is C25H38N4O3. The molecule has 0 aromatic heterocycles. The van der Waals surface area contributed by atoms with E-state index in [9.17, 15) is 0 Å². The first-order valence-electron chi connectivity index (χ1n) is 11.0. The van der Waals surface area contributed by atoms with Gasteiger partial charge < -0.3 is 29.7 Å². The van der Waals surface area contributed by atoms with E-state index in [1.165, 1.54) is 5.56 Å². The predicted molar refractivity (Wildman–Crippen MR) is 131 cm³/mol. The van der Waals surface area contributed by atoms with Crippen molar-refractivity contribution in [1.29, 1.82) is 0 Å². The van der Waals surface area contributed by atoms with Gasteiger partial charge in [0, 0.05) is 32.3 Å². The van der Waals surface area contributed by atoms with E-state index >= 15 is 0 Å². The Kier molecular flexibility index (Phi) is 10.8. The lowest BCUT2D eigenvalue weighted by atomic mass is 10.1. The van der Waals surface area contributed by atoms with E-state index in [2.05, 4.69) is 71.9 Å². The maximum absolute atomic E-state index is 5.95. The minimum absolute atomic E-state index is 0.191. The lowest BCUT2D eigenvalue weighted by molar-refractivity contribution is 0.110. The Morgan fingerprint density at radius 1 is 1.06 bits per heavy atom. The third kappa shape index (κ3) is 8.05. The van der Waals surface area contributed by atoms with Gasteiger partial charge in [-0.3, -0.25) is 4.99 Å². The lowest BCUT2D eigenvalue weighted by Gasteiger charge is -2.26. The summed E-state index contributed by atoms with van der Waals surface area (Å²) in [5, 5.41) is 6.84. The van der Waals surface area contributed by atoms with E-state index in [0.717, 1.165) is 28.6 Å². The van der Waals surface area contributed by atoms with Crippen molar-refractivity contribution in [2.24, 2.45) is 4.99 Å². The zero-order valence-electron chi connectivity index (χ0n) is 20.3. The van der Waals surface area contributed by atoms with E-state index in [-0.39, 0.29) is 6.04 Å². The predicted octanol–water partition coefficient (Wildman–Crippen LogP) is 3.39. The molecule has 0 spiro atoms. The summed E-state index contributed by atoms with van der Waals surface area (Å²) in [7, 11) is 7.61. The van der Waals surface area contributed by atoms with Crippen LogP contribution in [0.1, 0.15) is 29.7 Å². The molecule has 0 radical (unpaired) electrons. The molecule has 0 aliphatic heterocycles. The van der Waals surface area contributed by atoms with E-state index in [4.69, 9.17) is 14.2 Å². The van der Waals surface area contributed by atoms with Crippen LogP contribution in [0.5, 0.6) is 11.5 Å². The standard InChI is InChI=1S/C25H38N4O3/c1-7-31-14-15-32-24-16-19(2)8-9-21(24)17-27-25(26-3)28-18-23(29(4)5)20-10-12-22(30-6)13-11-20/h8-13,16,23H,7,14-15,17-18H2,1-6H3,(H2,26,27,28). The number of methoxy groups -OCH3 is 1. The normalized spacial score (nSPS) is 12.5. The molecule has 1 unspecified atom stereocenters. The number of rotatable bonds is 12. The molecule has 7 heteroatoms. The highest BCUT2D eigenvalue weighted by atomic mass is 16.5. The summed E-state index contributed by atoms with van der Waals surface area (Å²) in [4.78, 5) is 6.57. The van der Waals surface area contributed by atoms with E-state index in [1.54, 1.807) is 14.2 Å². The first-order chi connectivity index (χ1) is 15.5. The van der Waals surface area contributed by atoms with Gasteiger partial charge in [0.25, 0.3) is 0 Å². The number of aryl methyl sites for hydroxylation is 1. The Bertz CT molecular complexity index is 838. The maximum Gasteiger partial charge on any atom is 0.191 e. The van der Waals surface area contributed by atoms with Gasteiger partial charge in [0.2, 0.25) is 0 Å². The number of aliphatic imine (C=N–C) groups is 1. The number of benzene rings is 2. The molecule has 1 atom stereocenters. The topological polar surface area (TPSA) is 67.3 Å². The molecule has 176 valence electrons. The van der Waals surface area contributed by atoms with Gasteiger partial charge in [-0.25, -0.2) is 0 Å². The summed E-state index contributed by atoms with van der Waals surface area (Å²) < 4.78 is 16.6. The van der Waals surface area contributed by atoms with Gasteiger partial charge in [-0.2, -0.15) is 0 Å². The van der Waals surface area contributed by atoms with Crippen LogP contribution < -0.4 is 20.1 Å². The number of ether oxygens (including phenoxy) is 3. The molecule has 7 nitrogen and oxygen atoms in total. The summed E-state index contributed by atoms with van der Waals surface area (Å²) in [6.07, 6.45) is 0. The highest BCUT2D eigenvalue weighted by molar-refractivity contribution is 5.79. The summed E-state index contributed by atoms with van der Waals surface area (Å²) in [6.45, 7) is 7.17. The van der Waals surface area contributed by atoms with Crippen molar-refractivity contribution in [2.45, 2.75) is 26.4 Å². The summed E-state index contributed by atoms with van der Waals surface area (Å²) in [5.74, 6) is 2.47. The van der Waals surface area contributed by atoms with E-state index in [0.29, 0.717) is 32.9 Å². The van der Waals surface area contributed by atoms with Gasteiger partial charge in [-0.1, -0.05) is 24.3 Å². The maximum atomic E-state index is 5.95. The van der Waals surface area contributed by atoms with Crippen molar-refractivity contribution in [3.05, 3.63) is 59.2 Å². The molecule has 2 aromatic carbocycles. The average molecular weight is 443 g/mol. The highest BCUT2D eigenvalue weighted by Crippen LogP contribution is 2.22. The first-order valence-corrected chi connectivity index (χ1v) is 11.0. The Balaban J connectivity index is 1.97. The van der Waals surface area contributed by atoms with E-state index < -0.39 is 0 Å². The number of hydrogen-bond donors (Lipinski definition) is 2. The monoisotopic (exact) mass is 442 g/mol. The highest BCUT2D eigenvalue weighted by Gasteiger charge is 2.15. The summed E-state index contributed by atoms with van der Waals surface area (Å²) in [6, 6.07) is 14.6. The molecule has 2 rings (SSSR count). The third-order valence-electron chi connectivity index (χ3n) is 5.17. The molecule has 2 N–H and O–H groups in total. The van der Waals surface area contributed by atoms with Gasteiger partial charge in [0.05, 0.1) is 19.8 Å². The molecule has 0 heterocycles. The quantitative estimate of drug-likeness (QED) is 0.298. The van der Waals surface area contributed by atoms with Crippen LogP contribution in [-0.2, 0) is 11.3 Å². The number of guanidine groups is 1. The smallest absolute Gasteiger partial charge is 0.191 e. The Morgan fingerprint density at radius 2 is 1.81 bits per heavy atom. The second kappa shape index (κ2) is 13.6. The number of nitrogens with one attached hydrogen (secondary N) is 2. The van der Waals surface area contributed by atoms with Crippen LogP contribution in [0.2, 0.25) is 0 Å². The van der Waals surface area contributed by atoms with Gasteiger partial charge >= 0.3 is 0 Å². The van der Waals surface area contributed by atoms with Crippen LogP contribution >= 0.6 is 0 Å². The third-order valence-corrected chi connectivity index (χ3v) is 5.17. The fourth-order valence-corrected chi connectivity index (χ4v) is 3.31. The Morgan fingerprint density at radius 3 is 2.44 bits per heavy atom. The zero-order valence-corrected chi connectivity index (χ0v) is 20.3. The minimum atomic E-state index is 0.191. The van der Waals surface area contributed by atoms with Crippen LogP contribution in [0.25, 0.3) is 0 Å². The number of nitrogens with zero attached hydrogens (tertiary/aromatic N) is 2. The van der Waals surface area contributed by atoms with Crippen LogP contribution in [0.3, 0.4) is 0 Å². The van der Waals surface area contributed by atoms with Crippen molar-refractivity contribution in [3.8, 4) is 11.5 Å². The molecule has 2 aromatic rings. The fourth-order valence-electron chi connectivity index (χ4n) is 3.31. The largest absolute Gasteiger partial charge is 0.497 e. The number of likely N-dealkylation sites (N-methyl/N-ethyl adjacent to an activating group) is 1. The SMILES string of the molecule is CCOCCOc1cc(C)ccc1CNC(=NC)NCC(c1ccc(OC)cc1)N(C)C. The molecule has 32 heavy (non-hydrogen) atoms. The summed E-state index contributed by atoms with van der Waals surface area (Å²) >= 11 is 0. The first kappa shape index (κ1) is 25.5. The molecular weight excluding hydrogens is 404 g/mol. The molecule has 0 fully saturated rings. The van der Waals surface area contributed by atoms with Gasteiger partial charge in [0.1, 0.15) is 18.1 Å². The van der Waals surface area contributed by atoms with Crippen LogP contribution in [-0.4, -0.2) is 65.5 Å². The molecule has 0 amide bonds. The van der Waals surface area contributed by atoms with Crippen molar-refractivity contribution in [3.63, 3.8) is 0 Å². The Hall–Kier alpha value is -2.77. The minimum Gasteiger partial charge on any atom is -0.497 e. The molecule has 0 bridgehead atoms. The van der Waals surface area contributed by atoms with Crippen molar-refractivity contribution in [1.82, 2.24) is 15.5 Å². The van der Waals surface area contributed by atoms with Crippen molar-refractivity contribution >= 4 is 5.96 Å². The average Bonchev–Trinajstić information content (AvgIpc) is 2.80. The molecule has 0 saturated carbocycles. The van der Waals surface area contributed by atoms with Gasteiger partial charge in [-0.05, 0) is 57.3 Å². The van der Waals surface area contributed by atoms with Crippen LogP contribution in [0, 0.1) is 6.92 Å². The molecule has 0 aliphatic rings. The Labute approximate surface area is 192 Å². The van der Waals surface area contributed by atoms with Crippen molar-refractivity contribution < 1.29 is 14.2 Å². The van der Waals surface area contributed by atoms with Gasteiger partial charge in [0.15, 0.2) is 5.96 Å².